The van der Waals surface area contributed by atoms with Gasteiger partial charge in [0.1, 0.15) is 5.75 Å². The van der Waals surface area contributed by atoms with Gasteiger partial charge < -0.3 is 20.3 Å². The third kappa shape index (κ3) is 4.92. The van der Waals surface area contributed by atoms with Gasteiger partial charge in [-0.25, -0.2) is 0 Å². The summed E-state index contributed by atoms with van der Waals surface area (Å²) >= 11 is 6.10. The summed E-state index contributed by atoms with van der Waals surface area (Å²) in [6.45, 7) is 1.40. The van der Waals surface area contributed by atoms with Crippen LogP contribution in [-0.4, -0.2) is 44.6 Å². The van der Waals surface area contributed by atoms with E-state index in [0.29, 0.717) is 17.1 Å². The largest absolute Gasteiger partial charge is 0.495 e. The number of ether oxygens (including phenoxy) is 1. The third-order valence-corrected chi connectivity index (χ3v) is 4.72. The molecule has 0 spiro atoms. The number of nitrogens with one attached hydrogen (secondary N) is 2. The number of rotatable bonds is 6. The first kappa shape index (κ1) is 19.0. The van der Waals surface area contributed by atoms with Gasteiger partial charge in [0.05, 0.1) is 19.3 Å². The molecule has 0 radical (unpaired) electrons. The first-order chi connectivity index (χ1) is 13.1. The first-order valence-corrected chi connectivity index (χ1v) is 9.15. The van der Waals surface area contributed by atoms with Gasteiger partial charge >= 0.3 is 0 Å². The normalized spacial score (nSPS) is 16.1. The topological polar surface area (TPSA) is 70.7 Å². The standard InChI is InChI=1S/C20H22ClN3O3/c1-27-18-8-7-15(21)11-17(18)24-10-9-16(13-24)23-19(25)12-22-20(26)14-5-3-2-4-6-14/h2-8,11,16H,9-10,12-13H2,1H3,(H,22,26)(H,23,25). The Balaban J connectivity index is 1.50. The number of halogens is 1. The van der Waals surface area contributed by atoms with Crippen LogP contribution in [0.4, 0.5) is 5.69 Å². The minimum absolute atomic E-state index is 0.00909. The maximum absolute atomic E-state index is 12.2. The predicted molar refractivity (Wildman–Crippen MR) is 106 cm³/mol. The second kappa shape index (κ2) is 8.77. The fourth-order valence-corrected chi connectivity index (χ4v) is 3.30. The van der Waals surface area contributed by atoms with Gasteiger partial charge in [-0.15, -0.1) is 0 Å². The van der Waals surface area contributed by atoms with Crippen LogP contribution < -0.4 is 20.3 Å². The highest BCUT2D eigenvalue weighted by atomic mass is 35.5. The van der Waals surface area contributed by atoms with Gasteiger partial charge in [-0.05, 0) is 36.8 Å². The van der Waals surface area contributed by atoms with E-state index in [9.17, 15) is 9.59 Å². The number of amides is 2. The van der Waals surface area contributed by atoms with Crippen molar-refractivity contribution in [3.8, 4) is 5.75 Å². The van der Waals surface area contributed by atoms with Crippen molar-refractivity contribution in [2.24, 2.45) is 0 Å². The van der Waals surface area contributed by atoms with Crippen molar-refractivity contribution < 1.29 is 14.3 Å². The van der Waals surface area contributed by atoms with Crippen LogP contribution in [0.2, 0.25) is 5.02 Å². The molecule has 2 amide bonds. The molecular formula is C20H22ClN3O3. The van der Waals surface area contributed by atoms with Gasteiger partial charge in [0.25, 0.3) is 5.91 Å². The molecule has 0 bridgehead atoms. The molecule has 6 nitrogen and oxygen atoms in total. The highest BCUT2D eigenvalue weighted by molar-refractivity contribution is 6.30. The quantitative estimate of drug-likeness (QED) is 0.798. The fraction of sp³-hybridized carbons (Fsp3) is 0.300. The van der Waals surface area contributed by atoms with Crippen LogP contribution in [0.3, 0.4) is 0 Å². The van der Waals surface area contributed by atoms with Crippen LogP contribution in [-0.2, 0) is 4.79 Å². The maximum Gasteiger partial charge on any atom is 0.251 e. The molecule has 27 heavy (non-hydrogen) atoms. The molecule has 1 unspecified atom stereocenters. The average Bonchev–Trinajstić information content (AvgIpc) is 3.15. The number of carbonyl (C=O) groups excluding carboxylic acids is 2. The molecule has 1 aliphatic heterocycles. The Hall–Kier alpha value is -2.73. The molecule has 7 heteroatoms. The molecule has 1 atom stereocenters. The van der Waals surface area contributed by atoms with E-state index in [0.717, 1.165) is 24.4 Å². The highest BCUT2D eigenvalue weighted by Crippen LogP contribution is 2.33. The van der Waals surface area contributed by atoms with E-state index in [1.165, 1.54) is 0 Å². The monoisotopic (exact) mass is 387 g/mol. The van der Waals surface area contributed by atoms with Crippen molar-refractivity contribution in [3.05, 3.63) is 59.1 Å². The number of benzene rings is 2. The lowest BCUT2D eigenvalue weighted by molar-refractivity contribution is -0.120. The van der Waals surface area contributed by atoms with E-state index >= 15 is 0 Å². The average molecular weight is 388 g/mol. The van der Waals surface area contributed by atoms with Crippen LogP contribution in [0, 0.1) is 0 Å². The Labute approximate surface area is 163 Å². The van der Waals surface area contributed by atoms with E-state index in [4.69, 9.17) is 16.3 Å². The first-order valence-electron chi connectivity index (χ1n) is 8.78. The minimum atomic E-state index is -0.262. The van der Waals surface area contributed by atoms with Crippen molar-refractivity contribution >= 4 is 29.1 Å². The van der Waals surface area contributed by atoms with Gasteiger partial charge in [-0.3, -0.25) is 9.59 Å². The van der Waals surface area contributed by atoms with Crippen LogP contribution in [0.5, 0.6) is 5.75 Å². The molecular weight excluding hydrogens is 366 g/mol. The number of nitrogens with zero attached hydrogens (tertiary/aromatic N) is 1. The summed E-state index contributed by atoms with van der Waals surface area (Å²) < 4.78 is 5.40. The lowest BCUT2D eigenvalue weighted by Crippen LogP contribution is -2.43. The Morgan fingerprint density at radius 1 is 1.22 bits per heavy atom. The van der Waals surface area contributed by atoms with E-state index in [2.05, 4.69) is 15.5 Å². The smallest absolute Gasteiger partial charge is 0.251 e. The van der Waals surface area contributed by atoms with Crippen molar-refractivity contribution in [1.82, 2.24) is 10.6 Å². The molecule has 2 N–H and O–H groups in total. The summed E-state index contributed by atoms with van der Waals surface area (Å²) in [5.74, 6) is 0.285. The molecule has 1 aliphatic rings. The maximum atomic E-state index is 12.2. The molecule has 1 fully saturated rings. The number of hydrogen-bond donors (Lipinski definition) is 2. The fourth-order valence-electron chi connectivity index (χ4n) is 3.14. The molecule has 0 aromatic heterocycles. The summed E-state index contributed by atoms with van der Waals surface area (Å²) in [6, 6.07) is 14.3. The van der Waals surface area contributed by atoms with E-state index in [1.54, 1.807) is 37.4 Å². The Morgan fingerprint density at radius 3 is 2.74 bits per heavy atom. The van der Waals surface area contributed by atoms with E-state index < -0.39 is 0 Å². The predicted octanol–water partition coefficient (Wildman–Crippen LogP) is 2.47. The number of anilines is 1. The summed E-state index contributed by atoms with van der Waals surface area (Å²) in [5, 5.41) is 6.25. The van der Waals surface area contributed by atoms with Gasteiger partial charge in [0.2, 0.25) is 5.91 Å². The zero-order valence-corrected chi connectivity index (χ0v) is 15.8. The molecule has 2 aromatic carbocycles. The van der Waals surface area contributed by atoms with Crippen LogP contribution in [0.1, 0.15) is 16.8 Å². The SMILES string of the molecule is COc1ccc(Cl)cc1N1CCC(NC(=O)CNC(=O)c2ccccc2)C1. The number of hydrogen-bond acceptors (Lipinski definition) is 4. The summed E-state index contributed by atoms with van der Waals surface area (Å²) in [5.41, 5.74) is 1.45. The van der Waals surface area contributed by atoms with Crippen LogP contribution in [0.15, 0.2) is 48.5 Å². The number of carbonyl (C=O) groups is 2. The molecule has 0 aliphatic carbocycles. The number of methoxy groups -OCH3 is 1. The second-order valence-electron chi connectivity index (χ2n) is 6.36. The molecule has 3 rings (SSSR count). The van der Waals surface area contributed by atoms with Gasteiger partial charge in [-0.2, -0.15) is 0 Å². The zero-order chi connectivity index (χ0) is 19.2. The van der Waals surface area contributed by atoms with Crippen LogP contribution in [0.25, 0.3) is 0 Å². The van der Waals surface area contributed by atoms with Crippen molar-refractivity contribution in [3.63, 3.8) is 0 Å². The molecule has 1 heterocycles. The zero-order valence-electron chi connectivity index (χ0n) is 15.1. The van der Waals surface area contributed by atoms with Gasteiger partial charge in [0.15, 0.2) is 0 Å². The Kier molecular flexibility index (Phi) is 6.19. The van der Waals surface area contributed by atoms with E-state index in [-0.39, 0.29) is 24.4 Å². The summed E-state index contributed by atoms with van der Waals surface area (Å²) in [4.78, 5) is 26.3. The lowest BCUT2D eigenvalue weighted by Gasteiger charge is -2.21. The van der Waals surface area contributed by atoms with Crippen molar-refractivity contribution in [2.75, 3.05) is 31.6 Å². The molecule has 0 saturated carbocycles. The molecule has 2 aromatic rings. The van der Waals surface area contributed by atoms with E-state index in [1.807, 2.05) is 18.2 Å². The van der Waals surface area contributed by atoms with Crippen LogP contribution >= 0.6 is 11.6 Å². The van der Waals surface area contributed by atoms with Gasteiger partial charge in [-0.1, -0.05) is 29.8 Å². The van der Waals surface area contributed by atoms with Crippen molar-refractivity contribution in [2.45, 2.75) is 12.5 Å². The lowest BCUT2D eigenvalue weighted by atomic mass is 10.2. The Morgan fingerprint density at radius 2 is 2.00 bits per heavy atom. The molecule has 1 saturated heterocycles. The Bertz CT molecular complexity index is 813. The third-order valence-electron chi connectivity index (χ3n) is 4.48. The van der Waals surface area contributed by atoms with Gasteiger partial charge in [0, 0.05) is 29.7 Å². The second-order valence-corrected chi connectivity index (χ2v) is 6.80. The summed E-state index contributed by atoms with van der Waals surface area (Å²) in [7, 11) is 1.62. The highest BCUT2D eigenvalue weighted by Gasteiger charge is 2.26. The summed E-state index contributed by atoms with van der Waals surface area (Å²) in [6.07, 6.45) is 0.814. The van der Waals surface area contributed by atoms with Crippen molar-refractivity contribution in [1.29, 1.82) is 0 Å². The minimum Gasteiger partial charge on any atom is -0.495 e. The molecule has 142 valence electrons.